The quantitative estimate of drug-likeness (QED) is 0.581. The number of nitrogens with one attached hydrogen (secondary N) is 1. The first kappa shape index (κ1) is 24.9. The summed E-state index contributed by atoms with van der Waals surface area (Å²) in [5, 5.41) is 18.4. The molecule has 0 bridgehead atoms. The second-order valence-electron chi connectivity index (χ2n) is 9.77. The lowest BCUT2D eigenvalue weighted by Gasteiger charge is -2.32. The number of ether oxygens (including phenoxy) is 3. The van der Waals surface area contributed by atoms with Crippen molar-refractivity contribution in [3.8, 4) is 5.75 Å². The smallest absolute Gasteiger partial charge is 0.407 e. The number of amides is 1. The van der Waals surface area contributed by atoms with Gasteiger partial charge in [-0.25, -0.2) is 4.79 Å². The van der Waals surface area contributed by atoms with E-state index >= 15 is 0 Å². The van der Waals surface area contributed by atoms with Gasteiger partial charge in [0.15, 0.2) is 0 Å². The molecule has 1 aromatic heterocycles. The van der Waals surface area contributed by atoms with Crippen LogP contribution in [0.1, 0.15) is 53.7 Å². The van der Waals surface area contributed by atoms with Crippen LogP contribution >= 0.6 is 0 Å². The number of carbonyl (C=O) groups is 1. The van der Waals surface area contributed by atoms with Crippen LogP contribution in [0.3, 0.4) is 0 Å². The van der Waals surface area contributed by atoms with E-state index in [1.807, 2.05) is 59.7 Å². The van der Waals surface area contributed by atoms with Crippen molar-refractivity contribution in [3.63, 3.8) is 0 Å². The van der Waals surface area contributed by atoms with Crippen molar-refractivity contribution in [2.24, 2.45) is 5.41 Å². The molecule has 2 aromatic rings. The minimum Gasteiger partial charge on any atom is -0.491 e. The van der Waals surface area contributed by atoms with E-state index in [1.54, 1.807) is 11.8 Å². The minimum atomic E-state index is -0.475. The molecule has 0 spiro atoms. The molecule has 0 saturated carbocycles. The van der Waals surface area contributed by atoms with Crippen LogP contribution in [0.4, 0.5) is 4.79 Å². The van der Waals surface area contributed by atoms with Crippen molar-refractivity contribution in [1.82, 2.24) is 15.1 Å². The van der Waals surface area contributed by atoms with Crippen LogP contribution in [-0.2, 0) is 22.6 Å². The highest BCUT2D eigenvalue weighted by Gasteiger charge is 2.31. The molecule has 0 aliphatic heterocycles. The van der Waals surface area contributed by atoms with Crippen LogP contribution in [0.2, 0.25) is 0 Å². The minimum absolute atomic E-state index is 0.186. The fourth-order valence-corrected chi connectivity index (χ4v) is 3.11. The van der Waals surface area contributed by atoms with Gasteiger partial charge in [-0.3, -0.25) is 4.68 Å². The molecular formula is C23H37N3O5. The number of carbonyl (C=O) groups excluding carboxylic acids is 1. The van der Waals surface area contributed by atoms with Crippen molar-refractivity contribution >= 4 is 17.0 Å². The molecule has 8 heteroatoms. The van der Waals surface area contributed by atoms with E-state index in [9.17, 15) is 9.90 Å². The molecule has 0 aliphatic rings. The summed E-state index contributed by atoms with van der Waals surface area (Å²) >= 11 is 0. The maximum atomic E-state index is 12.4. The molecule has 0 aliphatic carbocycles. The number of fused-ring (bicyclic) bond motifs is 1. The second-order valence-corrected chi connectivity index (χ2v) is 9.77. The van der Waals surface area contributed by atoms with Crippen LogP contribution in [0.25, 0.3) is 10.9 Å². The summed E-state index contributed by atoms with van der Waals surface area (Å²) in [4.78, 5) is 12.4. The first-order valence-electron chi connectivity index (χ1n) is 10.7. The Bertz CT molecular complexity index is 864. The molecule has 0 saturated heterocycles. The van der Waals surface area contributed by atoms with Crippen LogP contribution in [0.5, 0.6) is 5.75 Å². The largest absolute Gasteiger partial charge is 0.491 e. The van der Waals surface area contributed by atoms with E-state index < -0.39 is 17.7 Å². The molecule has 1 amide bonds. The Kier molecular flexibility index (Phi) is 8.31. The Balaban J connectivity index is 2.31. The molecule has 8 nitrogen and oxygen atoms in total. The first-order valence-corrected chi connectivity index (χ1v) is 10.7. The molecular weight excluding hydrogens is 398 g/mol. The van der Waals surface area contributed by atoms with Crippen molar-refractivity contribution < 1.29 is 24.1 Å². The highest BCUT2D eigenvalue weighted by molar-refractivity contribution is 5.87. The molecule has 2 rings (SSSR count). The van der Waals surface area contributed by atoms with Gasteiger partial charge in [-0.15, -0.1) is 0 Å². The van der Waals surface area contributed by atoms with Gasteiger partial charge in [-0.2, -0.15) is 5.10 Å². The summed E-state index contributed by atoms with van der Waals surface area (Å²) in [7, 11) is 1.66. The number of hydrogen-bond acceptors (Lipinski definition) is 6. The predicted octanol–water partition coefficient (Wildman–Crippen LogP) is 3.88. The molecule has 1 aromatic carbocycles. The number of nitrogens with zero attached hydrogens (tertiary/aromatic N) is 2. The van der Waals surface area contributed by atoms with E-state index in [1.165, 1.54) is 0 Å². The summed E-state index contributed by atoms with van der Waals surface area (Å²) in [6.07, 6.45) is -0.166. The molecule has 2 N–H and O–H groups in total. The Morgan fingerprint density at radius 2 is 1.90 bits per heavy atom. The van der Waals surface area contributed by atoms with Crippen molar-refractivity contribution in [2.75, 3.05) is 20.3 Å². The number of methoxy groups -OCH3 is 1. The molecule has 0 unspecified atom stereocenters. The summed E-state index contributed by atoms with van der Waals surface area (Å²) in [6, 6.07) is 5.65. The van der Waals surface area contributed by atoms with Crippen molar-refractivity contribution in [1.29, 1.82) is 0 Å². The van der Waals surface area contributed by atoms with Gasteiger partial charge in [0.25, 0.3) is 0 Å². The van der Waals surface area contributed by atoms with Gasteiger partial charge in [0, 0.05) is 36.5 Å². The fourth-order valence-electron chi connectivity index (χ4n) is 3.11. The standard InChI is InChI=1S/C23H37N3O5/c1-22(2,3)19(31-21(28)24-23(4,5)6)14-26-17(15-27)16-10-8-11-18(20(16)25-26)30-13-9-12-29-7/h8,10-11,19,27H,9,12-15H2,1-7H3,(H,24,28)/t19-/m0/s1. The zero-order chi connectivity index (χ0) is 23.2. The third kappa shape index (κ3) is 7.11. The number of rotatable bonds is 9. The maximum absolute atomic E-state index is 12.4. The molecule has 31 heavy (non-hydrogen) atoms. The monoisotopic (exact) mass is 435 g/mol. The maximum Gasteiger partial charge on any atom is 0.407 e. The summed E-state index contributed by atoms with van der Waals surface area (Å²) in [5.41, 5.74) is 0.604. The lowest BCUT2D eigenvalue weighted by molar-refractivity contribution is 0.0143. The Morgan fingerprint density at radius 1 is 1.19 bits per heavy atom. The van der Waals surface area contributed by atoms with E-state index in [-0.39, 0.29) is 12.0 Å². The lowest BCUT2D eigenvalue weighted by Crippen LogP contribution is -2.45. The molecule has 174 valence electrons. The number of aliphatic hydroxyl groups is 1. The van der Waals surface area contributed by atoms with Gasteiger partial charge in [0.05, 0.1) is 25.5 Å². The van der Waals surface area contributed by atoms with Gasteiger partial charge < -0.3 is 24.6 Å². The van der Waals surface area contributed by atoms with Gasteiger partial charge in [-0.1, -0.05) is 32.9 Å². The summed E-state index contributed by atoms with van der Waals surface area (Å²) in [5.74, 6) is 0.653. The Morgan fingerprint density at radius 3 is 2.48 bits per heavy atom. The van der Waals surface area contributed by atoms with Crippen LogP contribution in [0, 0.1) is 5.41 Å². The van der Waals surface area contributed by atoms with Gasteiger partial charge in [-0.05, 0) is 26.8 Å². The van der Waals surface area contributed by atoms with E-state index in [2.05, 4.69) is 5.32 Å². The normalized spacial score (nSPS) is 13.3. The third-order valence-corrected chi connectivity index (χ3v) is 4.77. The van der Waals surface area contributed by atoms with Crippen LogP contribution < -0.4 is 10.1 Å². The van der Waals surface area contributed by atoms with Gasteiger partial charge in [0.1, 0.15) is 17.4 Å². The number of benzene rings is 1. The Hall–Kier alpha value is -2.32. The second kappa shape index (κ2) is 10.3. The summed E-state index contributed by atoms with van der Waals surface area (Å²) in [6.45, 7) is 13.0. The number of hydrogen-bond donors (Lipinski definition) is 2. The number of aromatic nitrogens is 2. The zero-order valence-electron chi connectivity index (χ0n) is 19.8. The predicted molar refractivity (Wildman–Crippen MR) is 120 cm³/mol. The fraction of sp³-hybridized carbons (Fsp3) is 0.652. The van der Waals surface area contributed by atoms with E-state index in [0.717, 1.165) is 11.8 Å². The zero-order valence-corrected chi connectivity index (χ0v) is 19.8. The van der Waals surface area contributed by atoms with Crippen LogP contribution in [0.15, 0.2) is 18.2 Å². The van der Waals surface area contributed by atoms with Crippen LogP contribution in [-0.4, -0.2) is 52.9 Å². The molecule has 0 radical (unpaired) electrons. The molecule has 1 heterocycles. The van der Waals surface area contributed by atoms with Gasteiger partial charge in [0.2, 0.25) is 0 Å². The van der Waals surface area contributed by atoms with Crippen molar-refractivity contribution in [2.45, 2.75) is 72.8 Å². The molecule has 0 fully saturated rings. The van der Waals surface area contributed by atoms with Gasteiger partial charge >= 0.3 is 6.09 Å². The average Bonchev–Trinajstić information content (AvgIpc) is 3.00. The highest BCUT2D eigenvalue weighted by Crippen LogP contribution is 2.30. The highest BCUT2D eigenvalue weighted by atomic mass is 16.6. The van der Waals surface area contributed by atoms with E-state index in [4.69, 9.17) is 19.3 Å². The lowest BCUT2D eigenvalue weighted by atomic mass is 9.89. The Labute approximate surface area is 184 Å². The van der Waals surface area contributed by atoms with Crippen molar-refractivity contribution in [3.05, 3.63) is 23.9 Å². The SMILES string of the molecule is COCCCOc1cccc2c(CO)n(C[C@H](OC(=O)NC(C)(C)C)C(C)(C)C)nc12. The first-order chi connectivity index (χ1) is 14.5. The average molecular weight is 436 g/mol. The third-order valence-electron chi connectivity index (χ3n) is 4.77. The summed E-state index contributed by atoms with van der Waals surface area (Å²) < 4.78 is 18.4. The topological polar surface area (TPSA) is 94.8 Å². The van der Waals surface area contributed by atoms with E-state index in [0.29, 0.717) is 36.7 Å². The number of aliphatic hydroxyl groups excluding tert-OH is 1. The molecule has 1 atom stereocenters. The number of alkyl carbamates (subject to hydrolysis) is 1.